The first kappa shape index (κ1) is 19.3. The normalized spacial score (nSPS) is 14.7. The molecule has 1 amide bonds. The highest BCUT2D eigenvalue weighted by molar-refractivity contribution is 5.77. The van der Waals surface area contributed by atoms with Crippen molar-refractivity contribution < 1.29 is 4.79 Å². The van der Waals surface area contributed by atoms with E-state index < -0.39 is 0 Å². The summed E-state index contributed by atoms with van der Waals surface area (Å²) in [7, 11) is 1.86. The van der Waals surface area contributed by atoms with Gasteiger partial charge in [-0.05, 0) is 61.1 Å². The number of carbonyl (C=O) groups excluding carboxylic acids is 1. The fourth-order valence-electron chi connectivity index (χ4n) is 4.07. The third-order valence-corrected chi connectivity index (χ3v) is 5.74. The Kier molecular flexibility index (Phi) is 5.98. The molecular formula is C23H27N5O. The van der Waals surface area contributed by atoms with Crippen LogP contribution in [0.5, 0.6) is 0 Å². The predicted molar refractivity (Wildman–Crippen MR) is 111 cm³/mol. The number of nitrogens with one attached hydrogen (secondary N) is 1. The molecule has 0 saturated heterocycles. The summed E-state index contributed by atoms with van der Waals surface area (Å²) in [5.41, 5.74) is 5.53. The zero-order valence-electron chi connectivity index (χ0n) is 16.8. The molecule has 0 unspecified atom stereocenters. The van der Waals surface area contributed by atoms with Gasteiger partial charge in [-0.25, -0.2) is 0 Å². The van der Waals surface area contributed by atoms with Gasteiger partial charge in [0.1, 0.15) is 0 Å². The van der Waals surface area contributed by atoms with E-state index in [-0.39, 0.29) is 11.8 Å². The predicted octanol–water partition coefficient (Wildman–Crippen LogP) is 3.65. The summed E-state index contributed by atoms with van der Waals surface area (Å²) < 4.78 is 0. The molecule has 3 heterocycles. The van der Waals surface area contributed by atoms with Crippen molar-refractivity contribution in [2.45, 2.75) is 51.0 Å². The largest absolute Gasteiger partial charge is 0.340 e. The Hall–Kier alpha value is -3.02. The van der Waals surface area contributed by atoms with Crippen molar-refractivity contribution in [3.63, 3.8) is 0 Å². The number of aryl methyl sites for hydroxylation is 1. The molecule has 0 fully saturated rings. The first-order valence-corrected chi connectivity index (χ1v) is 10.3. The van der Waals surface area contributed by atoms with Crippen LogP contribution in [0.3, 0.4) is 0 Å². The molecule has 1 N–H and O–H groups in total. The Bertz CT molecular complexity index is 899. The third kappa shape index (κ3) is 4.53. The lowest BCUT2D eigenvalue weighted by Crippen LogP contribution is -2.28. The monoisotopic (exact) mass is 389 g/mol. The molecule has 4 rings (SSSR count). The second-order valence-electron chi connectivity index (χ2n) is 7.73. The zero-order valence-corrected chi connectivity index (χ0v) is 16.8. The Morgan fingerprint density at radius 1 is 1.10 bits per heavy atom. The lowest BCUT2D eigenvalue weighted by atomic mass is 9.92. The second-order valence-corrected chi connectivity index (χ2v) is 7.73. The number of rotatable bonds is 6. The van der Waals surface area contributed by atoms with E-state index in [0.29, 0.717) is 13.0 Å². The van der Waals surface area contributed by atoms with Crippen LogP contribution in [0, 0.1) is 0 Å². The molecule has 0 aliphatic heterocycles. The van der Waals surface area contributed by atoms with E-state index in [1.54, 1.807) is 23.5 Å². The van der Waals surface area contributed by atoms with Crippen LogP contribution in [-0.2, 0) is 24.2 Å². The van der Waals surface area contributed by atoms with Crippen LogP contribution in [0.15, 0.2) is 48.9 Å². The number of nitrogens with zero attached hydrogens (tertiary/aromatic N) is 4. The highest BCUT2D eigenvalue weighted by Crippen LogP contribution is 2.27. The van der Waals surface area contributed by atoms with E-state index in [2.05, 4.69) is 20.2 Å². The highest BCUT2D eigenvalue weighted by atomic mass is 16.2. The van der Waals surface area contributed by atoms with Gasteiger partial charge in [-0.1, -0.05) is 12.5 Å². The Morgan fingerprint density at radius 2 is 1.93 bits per heavy atom. The van der Waals surface area contributed by atoms with Gasteiger partial charge >= 0.3 is 0 Å². The Morgan fingerprint density at radius 3 is 2.72 bits per heavy atom. The van der Waals surface area contributed by atoms with Crippen LogP contribution in [0.4, 0.5) is 0 Å². The SMILES string of the molecule is CN(Cc1n[nH]c2c1CCCCC2)C(=O)C[C@@H](c1ccncc1)c1ccccn1. The molecule has 29 heavy (non-hydrogen) atoms. The summed E-state index contributed by atoms with van der Waals surface area (Å²) in [5.74, 6) is -0.00622. The average Bonchev–Trinajstić information content (AvgIpc) is 2.98. The molecule has 6 nitrogen and oxygen atoms in total. The van der Waals surface area contributed by atoms with E-state index in [0.717, 1.165) is 29.8 Å². The summed E-state index contributed by atoms with van der Waals surface area (Å²) in [6.45, 7) is 0.538. The van der Waals surface area contributed by atoms with Gasteiger partial charge in [0.05, 0.1) is 12.2 Å². The molecule has 0 saturated carbocycles. The van der Waals surface area contributed by atoms with Gasteiger partial charge in [-0.2, -0.15) is 5.10 Å². The lowest BCUT2D eigenvalue weighted by molar-refractivity contribution is -0.130. The number of hydrogen-bond donors (Lipinski definition) is 1. The molecule has 0 radical (unpaired) electrons. The lowest BCUT2D eigenvalue weighted by Gasteiger charge is -2.21. The summed E-state index contributed by atoms with van der Waals surface area (Å²) in [6, 6.07) is 9.75. The highest BCUT2D eigenvalue weighted by Gasteiger charge is 2.23. The van der Waals surface area contributed by atoms with Crippen LogP contribution in [0.25, 0.3) is 0 Å². The van der Waals surface area contributed by atoms with Gasteiger partial charge in [0.2, 0.25) is 5.91 Å². The number of fused-ring (bicyclic) bond motifs is 1. The van der Waals surface area contributed by atoms with Crippen LogP contribution in [0.2, 0.25) is 0 Å². The van der Waals surface area contributed by atoms with Crippen molar-refractivity contribution in [3.8, 4) is 0 Å². The maximum atomic E-state index is 13.1. The second kappa shape index (κ2) is 8.99. The Balaban J connectivity index is 1.50. The van der Waals surface area contributed by atoms with E-state index in [1.165, 1.54) is 30.5 Å². The number of aromatic amines is 1. The number of H-pyrrole nitrogens is 1. The number of amides is 1. The Labute approximate surface area is 171 Å². The molecule has 0 bridgehead atoms. The van der Waals surface area contributed by atoms with E-state index in [4.69, 9.17) is 0 Å². The number of aromatic nitrogens is 4. The van der Waals surface area contributed by atoms with Crippen LogP contribution >= 0.6 is 0 Å². The van der Waals surface area contributed by atoms with Crippen molar-refractivity contribution in [1.29, 1.82) is 0 Å². The fourth-order valence-corrected chi connectivity index (χ4v) is 4.07. The molecule has 1 aliphatic carbocycles. The van der Waals surface area contributed by atoms with Crippen LogP contribution in [0.1, 0.15) is 59.8 Å². The molecule has 3 aromatic heterocycles. The van der Waals surface area contributed by atoms with Crippen molar-refractivity contribution in [3.05, 3.63) is 77.1 Å². The van der Waals surface area contributed by atoms with Gasteiger partial charge in [-0.3, -0.25) is 19.9 Å². The van der Waals surface area contributed by atoms with E-state index in [9.17, 15) is 4.79 Å². The molecule has 150 valence electrons. The summed E-state index contributed by atoms with van der Waals surface area (Å²) >= 11 is 0. The first-order valence-electron chi connectivity index (χ1n) is 10.3. The van der Waals surface area contributed by atoms with Crippen LogP contribution < -0.4 is 0 Å². The molecule has 3 aromatic rings. The minimum atomic E-state index is -0.0922. The maximum Gasteiger partial charge on any atom is 0.223 e. The topological polar surface area (TPSA) is 74.8 Å². The minimum absolute atomic E-state index is 0.0860. The quantitative estimate of drug-likeness (QED) is 0.653. The van der Waals surface area contributed by atoms with Crippen molar-refractivity contribution in [2.75, 3.05) is 7.05 Å². The maximum absolute atomic E-state index is 13.1. The zero-order chi connectivity index (χ0) is 20.1. The molecule has 0 spiro atoms. The van der Waals surface area contributed by atoms with Crippen molar-refractivity contribution >= 4 is 5.91 Å². The smallest absolute Gasteiger partial charge is 0.223 e. The first-order chi connectivity index (χ1) is 14.2. The van der Waals surface area contributed by atoms with Gasteiger partial charge in [0, 0.05) is 49.4 Å². The van der Waals surface area contributed by atoms with Crippen molar-refractivity contribution in [1.82, 2.24) is 25.1 Å². The van der Waals surface area contributed by atoms with Gasteiger partial charge in [0.25, 0.3) is 0 Å². The van der Waals surface area contributed by atoms with Gasteiger partial charge < -0.3 is 4.90 Å². The van der Waals surface area contributed by atoms with Crippen LogP contribution in [-0.4, -0.2) is 38.0 Å². The fraction of sp³-hybridized carbons (Fsp3) is 0.391. The average molecular weight is 390 g/mol. The third-order valence-electron chi connectivity index (χ3n) is 5.74. The van der Waals surface area contributed by atoms with Gasteiger partial charge in [-0.15, -0.1) is 0 Å². The van der Waals surface area contributed by atoms with E-state index in [1.807, 2.05) is 37.4 Å². The van der Waals surface area contributed by atoms with E-state index >= 15 is 0 Å². The van der Waals surface area contributed by atoms with Crippen molar-refractivity contribution in [2.24, 2.45) is 0 Å². The number of pyridine rings is 2. The number of carbonyl (C=O) groups is 1. The summed E-state index contributed by atoms with van der Waals surface area (Å²) in [6.07, 6.45) is 11.4. The minimum Gasteiger partial charge on any atom is -0.340 e. The molecule has 6 heteroatoms. The summed E-state index contributed by atoms with van der Waals surface area (Å²) in [4.78, 5) is 23.5. The molecule has 1 atom stereocenters. The molecule has 1 aliphatic rings. The summed E-state index contributed by atoms with van der Waals surface area (Å²) in [5, 5.41) is 7.72. The standard InChI is InChI=1S/C23H27N5O/c1-28(16-22-18-7-3-2-4-9-21(18)26-27-22)23(29)15-19(17-10-13-24-14-11-17)20-8-5-6-12-25-20/h5-6,8,10-14,19H,2-4,7,9,15-16H2,1H3,(H,26,27)/t19-/m0/s1. The molecular weight excluding hydrogens is 362 g/mol. The molecule has 0 aromatic carbocycles. The number of hydrogen-bond acceptors (Lipinski definition) is 4. The van der Waals surface area contributed by atoms with Gasteiger partial charge in [0.15, 0.2) is 0 Å².